The van der Waals surface area contributed by atoms with Crippen LogP contribution in [0.1, 0.15) is 11.1 Å². The van der Waals surface area contributed by atoms with E-state index in [4.69, 9.17) is 27.9 Å². The van der Waals surface area contributed by atoms with Gasteiger partial charge in [0, 0.05) is 11.4 Å². The second kappa shape index (κ2) is 7.12. The molecule has 0 amide bonds. The Labute approximate surface area is 143 Å². The van der Waals surface area contributed by atoms with Crippen LogP contribution in [0.25, 0.3) is 0 Å². The van der Waals surface area contributed by atoms with Gasteiger partial charge in [-0.25, -0.2) is 4.39 Å². The summed E-state index contributed by atoms with van der Waals surface area (Å²) in [7, 11) is 0. The molecule has 0 fully saturated rings. The first-order valence-electron chi connectivity index (χ1n) is 5.62. The summed E-state index contributed by atoms with van der Waals surface area (Å²) in [4.78, 5) is 0. The average Bonchev–Trinajstić information content (AvgIpc) is 2.42. The van der Waals surface area contributed by atoms with E-state index in [1.807, 2.05) is 12.1 Å². The van der Waals surface area contributed by atoms with Crippen LogP contribution in [0.15, 0.2) is 39.3 Å². The first-order valence-corrected chi connectivity index (χ1v) is 8.12. The SMILES string of the molecule is Fc1cccc(COc2c(Br)cc(CCl)cc2Br)c1Cl. The van der Waals surface area contributed by atoms with Crippen molar-refractivity contribution in [1.29, 1.82) is 0 Å². The molecule has 6 heteroatoms. The van der Waals surface area contributed by atoms with Crippen LogP contribution < -0.4 is 4.74 Å². The molecule has 2 rings (SSSR count). The smallest absolute Gasteiger partial charge is 0.148 e. The Bertz CT molecular complexity index is 612. The van der Waals surface area contributed by atoms with Gasteiger partial charge < -0.3 is 4.74 Å². The van der Waals surface area contributed by atoms with Gasteiger partial charge in [0.15, 0.2) is 0 Å². The van der Waals surface area contributed by atoms with Crippen molar-refractivity contribution < 1.29 is 9.13 Å². The fourth-order valence-electron chi connectivity index (χ4n) is 1.64. The average molecular weight is 443 g/mol. The Balaban J connectivity index is 2.21. The van der Waals surface area contributed by atoms with Crippen molar-refractivity contribution in [2.75, 3.05) is 0 Å². The van der Waals surface area contributed by atoms with Crippen LogP contribution in [0.3, 0.4) is 0 Å². The first kappa shape index (κ1) is 16.1. The second-order valence-electron chi connectivity index (χ2n) is 4.02. The number of ether oxygens (including phenoxy) is 1. The van der Waals surface area contributed by atoms with E-state index in [1.165, 1.54) is 6.07 Å². The molecule has 2 aromatic carbocycles. The Kier molecular flexibility index (Phi) is 5.73. The lowest BCUT2D eigenvalue weighted by atomic mass is 10.2. The molecular formula is C14H9Br2Cl2FO. The molecule has 20 heavy (non-hydrogen) atoms. The van der Waals surface area contributed by atoms with Gasteiger partial charge >= 0.3 is 0 Å². The summed E-state index contributed by atoms with van der Waals surface area (Å²) in [6, 6.07) is 8.38. The zero-order valence-corrected chi connectivity index (χ0v) is 14.8. The van der Waals surface area contributed by atoms with Crippen molar-refractivity contribution in [2.45, 2.75) is 12.5 Å². The maximum Gasteiger partial charge on any atom is 0.148 e. The van der Waals surface area contributed by atoms with Crippen molar-refractivity contribution in [2.24, 2.45) is 0 Å². The van der Waals surface area contributed by atoms with E-state index in [9.17, 15) is 4.39 Å². The number of hydrogen-bond donors (Lipinski definition) is 0. The lowest BCUT2D eigenvalue weighted by Gasteiger charge is -2.12. The van der Waals surface area contributed by atoms with Gasteiger partial charge in [-0.2, -0.15) is 0 Å². The van der Waals surface area contributed by atoms with Gasteiger partial charge in [0.25, 0.3) is 0 Å². The standard InChI is InChI=1S/C14H9Br2Cl2FO/c15-10-4-8(6-17)5-11(16)14(10)20-7-9-2-1-3-12(19)13(9)18/h1-5H,6-7H2. The molecule has 0 saturated carbocycles. The fraction of sp³-hybridized carbons (Fsp3) is 0.143. The molecule has 106 valence electrons. The van der Waals surface area contributed by atoms with E-state index in [2.05, 4.69) is 31.9 Å². The van der Waals surface area contributed by atoms with E-state index in [0.717, 1.165) is 14.5 Å². The zero-order chi connectivity index (χ0) is 14.7. The quantitative estimate of drug-likeness (QED) is 0.503. The summed E-state index contributed by atoms with van der Waals surface area (Å²) in [6.07, 6.45) is 0. The largest absolute Gasteiger partial charge is 0.486 e. The second-order valence-corrected chi connectivity index (χ2v) is 6.38. The number of hydrogen-bond acceptors (Lipinski definition) is 1. The highest BCUT2D eigenvalue weighted by molar-refractivity contribution is 9.11. The van der Waals surface area contributed by atoms with Gasteiger partial charge in [-0.05, 0) is 55.6 Å². The summed E-state index contributed by atoms with van der Waals surface area (Å²) in [5, 5.41) is 0.0807. The Hall–Kier alpha value is -0.290. The van der Waals surface area contributed by atoms with Crippen molar-refractivity contribution in [1.82, 2.24) is 0 Å². The minimum absolute atomic E-state index is 0.0807. The molecule has 0 aliphatic heterocycles. The van der Waals surface area contributed by atoms with Crippen molar-refractivity contribution in [3.05, 3.63) is 61.2 Å². The Morgan fingerprint density at radius 3 is 2.40 bits per heavy atom. The maximum absolute atomic E-state index is 13.3. The molecule has 0 saturated heterocycles. The van der Waals surface area contributed by atoms with Gasteiger partial charge in [0.1, 0.15) is 18.2 Å². The van der Waals surface area contributed by atoms with Crippen LogP contribution in [0, 0.1) is 5.82 Å². The monoisotopic (exact) mass is 440 g/mol. The van der Waals surface area contributed by atoms with Crippen LogP contribution in [0.4, 0.5) is 4.39 Å². The maximum atomic E-state index is 13.3. The molecule has 0 aliphatic rings. The van der Waals surface area contributed by atoms with E-state index in [0.29, 0.717) is 17.2 Å². The summed E-state index contributed by atoms with van der Waals surface area (Å²) < 4.78 is 20.6. The predicted molar refractivity (Wildman–Crippen MR) is 87.1 cm³/mol. The van der Waals surface area contributed by atoms with E-state index in [1.54, 1.807) is 12.1 Å². The van der Waals surface area contributed by atoms with Crippen molar-refractivity contribution in [3.63, 3.8) is 0 Å². The molecule has 2 aromatic rings. The highest BCUT2D eigenvalue weighted by Gasteiger charge is 2.11. The summed E-state index contributed by atoms with van der Waals surface area (Å²) in [5.74, 6) is 0.579. The molecule has 1 nitrogen and oxygen atoms in total. The lowest BCUT2D eigenvalue weighted by Crippen LogP contribution is -1.99. The number of alkyl halides is 1. The molecule has 0 bridgehead atoms. The lowest BCUT2D eigenvalue weighted by molar-refractivity contribution is 0.301. The third kappa shape index (κ3) is 3.67. The predicted octanol–water partition coefficient (Wildman–Crippen LogP) is 6.32. The molecule has 0 spiro atoms. The van der Waals surface area contributed by atoms with Crippen LogP contribution in [0.5, 0.6) is 5.75 Å². The van der Waals surface area contributed by atoms with E-state index < -0.39 is 5.82 Å². The van der Waals surface area contributed by atoms with Crippen molar-refractivity contribution in [3.8, 4) is 5.75 Å². The molecule has 0 aliphatic carbocycles. The van der Waals surface area contributed by atoms with Crippen LogP contribution >= 0.6 is 55.1 Å². The number of halogens is 5. The fourth-order valence-corrected chi connectivity index (χ4v) is 3.48. The molecule has 0 aromatic heterocycles. The third-order valence-corrected chi connectivity index (χ3v) is 4.53. The molecule has 0 atom stereocenters. The van der Waals surface area contributed by atoms with Gasteiger partial charge in [0.2, 0.25) is 0 Å². The molecule has 0 N–H and O–H groups in total. The Morgan fingerprint density at radius 2 is 1.80 bits per heavy atom. The number of benzene rings is 2. The molecule has 0 unspecified atom stereocenters. The van der Waals surface area contributed by atoms with Crippen LogP contribution in [-0.4, -0.2) is 0 Å². The minimum Gasteiger partial charge on any atom is -0.486 e. The summed E-state index contributed by atoms with van der Waals surface area (Å²) in [6.45, 7) is 0.175. The molecule has 0 heterocycles. The minimum atomic E-state index is -0.455. The van der Waals surface area contributed by atoms with Gasteiger partial charge in [-0.3, -0.25) is 0 Å². The summed E-state index contributed by atoms with van der Waals surface area (Å²) >= 11 is 18.5. The van der Waals surface area contributed by atoms with E-state index in [-0.39, 0.29) is 11.6 Å². The highest BCUT2D eigenvalue weighted by atomic mass is 79.9. The van der Waals surface area contributed by atoms with Crippen LogP contribution in [0.2, 0.25) is 5.02 Å². The molecular weight excluding hydrogens is 434 g/mol. The highest BCUT2D eigenvalue weighted by Crippen LogP contribution is 2.36. The first-order chi connectivity index (χ1) is 9.52. The third-order valence-electron chi connectivity index (χ3n) is 2.62. The Morgan fingerprint density at radius 1 is 1.15 bits per heavy atom. The van der Waals surface area contributed by atoms with Gasteiger partial charge in [-0.15, -0.1) is 11.6 Å². The number of rotatable bonds is 4. The normalized spacial score (nSPS) is 10.7. The summed E-state index contributed by atoms with van der Waals surface area (Å²) in [5.41, 5.74) is 1.55. The van der Waals surface area contributed by atoms with Crippen molar-refractivity contribution >= 4 is 55.1 Å². The van der Waals surface area contributed by atoms with E-state index >= 15 is 0 Å². The van der Waals surface area contributed by atoms with Gasteiger partial charge in [0.05, 0.1) is 14.0 Å². The van der Waals surface area contributed by atoms with Crippen LogP contribution in [-0.2, 0) is 12.5 Å². The topological polar surface area (TPSA) is 9.23 Å². The van der Waals surface area contributed by atoms with Gasteiger partial charge in [-0.1, -0.05) is 23.7 Å². The zero-order valence-electron chi connectivity index (χ0n) is 10.1. The molecule has 0 radical (unpaired) electrons.